The van der Waals surface area contributed by atoms with Crippen molar-refractivity contribution in [2.24, 2.45) is 5.92 Å². The van der Waals surface area contributed by atoms with E-state index in [0.717, 1.165) is 12.1 Å². The zero-order valence-corrected chi connectivity index (χ0v) is 20.4. The Kier molecular flexibility index (Phi) is 6.25. The summed E-state index contributed by atoms with van der Waals surface area (Å²) in [6.07, 6.45) is 1.28. The molecule has 0 aliphatic carbocycles. The summed E-state index contributed by atoms with van der Waals surface area (Å²) < 4.78 is 64.1. The Morgan fingerprint density at radius 3 is 2.50 bits per heavy atom. The fourth-order valence-electron chi connectivity index (χ4n) is 4.44. The van der Waals surface area contributed by atoms with Crippen molar-refractivity contribution in [3.05, 3.63) is 70.8 Å². The van der Waals surface area contributed by atoms with E-state index < -0.39 is 43.9 Å². The van der Waals surface area contributed by atoms with E-state index >= 15 is 0 Å². The molecule has 0 saturated carbocycles. The maximum atomic E-state index is 14.9. The SMILES string of the molecule is O=C1c2cc(Cl)c(O)c(c2)S(=O)(=O)Nc2cc(c(F)cc2F)-c2ccccc2OCC2CCN1CC2. The number of piperidine rings is 1. The molecule has 1 amide bonds. The molecule has 0 unspecified atom stereocenters. The molecule has 3 aliphatic heterocycles. The Morgan fingerprint density at radius 2 is 1.75 bits per heavy atom. The van der Waals surface area contributed by atoms with Gasteiger partial charge in [0.1, 0.15) is 22.3 Å². The number of para-hydroxylation sites is 1. The van der Waals surface area contributed by atoms with Crippen LogP contribution >= 0.6 is 11.6 Å². The van der Waals surface area contributed by atoms with Gasteiger partial charge in [-0.3, -0.25) is 9.52 Å². The molecule has 2 N–H and O–H groups in total. The number of fused-ring (bicyclic) bond motifs is 4. The minimum Gasteiger partial charge on any atom is -0.505 e. The molecule has 36 heavy (non-hydrogen) atoms. The summed E-state index contributed by atoms with van der Waals surface area (Å²) in [5.41, 5.74) is -0.346. The van der Waals surface area contributed by atoms with Crippen LogP contribution < -0.4 is 9.46 Å². The van der Waals surface area contributed by atoms with Gasteiger partial charge in [-0.25, -0.2) is 17.2 Å². The lowest BCUT2D eigenvalue weighted by atomic mass is 9.97. The minimum absolute atomic E-state index is 0.0372. The fraction of sp³-hybridized carbons (Fsp3) is 0.240. The summed E-state index contributed by atoms with van der Waals surface area (Å²) >= 11 is 6.07. The van der Waals surface area contributed by atoms with Crippen LogP contribution in [0.2, 0.25) is 5.02 Å². The van der Waals surface area contributed by atoms with Gasteiger partial charge in [-0.1, -0.05) is 29.8 Å². The molecule has 3 aliphatic rings. The van der Waals surface area contributed by atoms with Crippen molar-refractivity contribution in [1.82, 2.24) is 4.90 Å². The highest BCUT2D eigenvalue weighted by molar-refractivity contribution is 7.92. The first-order valence-corrected chi connectivity index (χ1v) is 13.1. The maximum absolute atomic E-state index is 14.9. The molecule has 3 aromatic carbocycles. The van der Waals surface area contributed by atoms with Crippen LogP contribution in [-0.2, 0) is 10.0 Å². The van der Waals surface area contributed by atoms with Crippen LogP contribution in [-0.4, -0.2) is 44.0 Å². The average Bonchev–Trinajstić information content (AvgIpc) is 2.85. The smallest absolute Gasteiger partial charge is 0.265 e. The molecule has 188 valence electrons. The monoisotopic (exact) mass is 534 g/mol. The van der Waals surface area contributed by atoms with E-state index in [1.165, 1.54) is 6.07 Å². The number of hydrogen-bond acceptors (Lipinski definition) is 5. The largest absolute Gasteiger partial charge is 0.505 e. The van der Waals surface area contributed by atoms with Gasteiger partial charge in [-0.15, -0.1) is 0 Å². The number of carbonyl (C=O) groups is 1. The van der Waals surface area contributed by atoms with Crippen molar-refractivity contribution in [2.45, 2.75) is 17.7 Å². The Balaban J connectivity index is 1.69. The molecular formula is C25H21ClF2N2O5S. The molecule has 7 nitrogen and oxygen atoms in total. The Labute approximate surface area is 211 Å². The molecule has 0 spiro atoms. The van der Waals surface area contributed by atoms with Crippen molar-refractivity contribution in [3.8, 4) is 22.6 Å². The number of hydrogen-bond donors (Lipinski definition) is 2. The topological polar surface area (TPSA) is 95.9 Å². The van der Waals surface area contributed by atoms with Crippen molar-refractivity contribution < 1.29 is 31.8 Å². The number of rotatable bonds is 0. The first-order valence-electron chi connectivity index (χ1n) is 11.2. The zero-order chi connectivity index (χ0) is 25.6. The number of sulfonamides is 1. The van der Waals surface area contributed by atoms with Gasteiger partial charge in [-0.05, 0) is 43.0 Å². The predicted octanol–water partition coefficient (Wildman–Crippen LogP) is 5.04. The van der Waals surface area contributed by atoms with E-state index in [0.29, 0.717) is 49.9 Å². The normalized spacial score (nSPS) is 17.6. The minimum atomic E-state index is -4.64. The lowest BCUT2D eigenvalue weighted by molar-refractivity contribution is 0.0661. The van der Waals surface area contributed by atoms with Crippen LogP contribution in [0.1, 0.15) is 23.2 Å². The van der Waals surface area contributed by atoms with Crippen molar-refractivity contribution in [3.63, 3.8) is 0 Å². The molecule has 3 aromatic rings. The zero-order valence-electron chi connectivity index (χ0n) is 18.8. The van der Waals surface area contributed by atoms with E-state index in [4.69, 9.17) is 16.3 Å². The number of carbonyl (C=O) groups excluding carboxylic acids is 1. The lowest BCUT2D eigenvalue weighted by Crippen LogP contribution is -2.39. The summed E-state index contributed by atoms with van der Waals surface area (Å²) in [6.45, 7) is 1.15. The van der Waals surface area contributed by atoms with E-state index in [1.807, 2.05) is 4.72 Å². The number of nitrogens with one attached hydrogen (secondary N) is 1. The summed E-state index contributed by atoms with van der Waals surface area (Å²) in [7, 11) is -4.64. The fourth-order valence-corrected chi connectivity index (χ4v) is 5.92. The number of aromatic hydroxyl groups is 1. The second-order valence-corrected chi connectivity index (χ2v) is 10.8. The van der Waals surface area contributed by atoms with Gasteiger partial charge < -0.3 is 14.7 Å². The molecule has 3 heterocycles. The number of amides is 1. The Bertz CT molecular complexity index is 1470. The third-order valence-electron chi connectivity index (χ3n) is 6.42. The molecule has 1 saturated heterocycles. The summed E-state index contributed by atoms with van der Waals surface area (Å²) in [5.74, 6) is -2.83. The number of anilines is 1. The van der Waals surface area contributed by atoms with Gasteiger partial charge in [0.15, 0.2) is 5.75 Å². The molecule has 0 atom stereocenters. The first-order chi connectivity index (χ1) is 17.1. The van der Waals surface area contributed by atoms with Gasteiger partial charge in [0.2, 0.25) is 0 Å². The van der Waals surface area contributed by atoms with Gasteiger partial charge in [0.05, 0.1) is 17.3 Å². The van der Waals surface area contributed by atoms with Gasteiger partial charge in [-0.2, -0.15) is 0 Å². The highest BCUT2D eigenvalue weighted by Gasteiger charge is 2.29. The quantitative estimate of drug-likeness (QED) is 0.421. The van der Waals surface area contributed by atoms with Crippen molar-refractivity contribution in [1.29, 1.82) is 0 Å². The highest BCUT2D eigenvalue weighted by Crippen LogP contribution is 2.38. The van der Waals surface area contributed by atoms with Crippen LogP contribution in [0.15, 0.2) is 53.4 Å². The first kappa shape index (κ1) is 24.3. The van der Waals surface area contributed by atoms with Crippen LogP contribution in [0, 0.1) is 17.6 Å². The number of nitrogens with zero attached hydrogens (tertiary/aromatic N) is 1. The summed E-state index contributed by atoms with van der Waals surface area (Å²) in [6, 6.07) is 10.4. The predicted molar refractivity (Wildman–Crippen MR) is 130 cm³/mol. The molecular weight excluding hydrogens is 514 g/mol. The molecule has 6 rings (SSSR count). The number of benzene rings is 3. The van der Waals surface area contributed by atoms with Crippen LogP contribution in [0.25, 0.3) is 11.1 Å². The third kappa shape index (κ3) is 4.46. The van der Waals surface area contributed by atoms with E-state index in [1.54, 1.807) is 29.2 Å². The van der Waals surface area contributed by atoms with Crippen molar-refractivity contribution in [2.75, 3.05) is 24.4 Å². The molecule has 11 heteroatoms. The van der Waals surface area contributed by atoms with Crippen LogP contribution in [0.3, 0.4) is 0 Å². The number of phenols is 1. The number of ether oxygens (including phenoxy) is 1. The second kappa shape index (κ2) is 9.25. The molecule has 0 aromatic heterocycles. The molecule has 6 bridgehead atoms. The molecule has 0 radical (unpaired) electrons. The third-order valence-corrected chi connectivity index (χ3v) is 8.09. The van der Waals surface area contributed by atoms with E-state index in [9.17, 15) is 27.1 Å². The van der Waals surface area contributed by atoms with Gasteiger partial charge >= 0.3 is 0 Å². The summed E-state index contributed by atoms with van der Waals surface area (Å²) in [4.78, 5) is 14.0. The second-order valence-electron chi connectivity index (χ2n) is 8.76. The molecule has 1 fully saturated rings. The van der Waals surface area contributed by atoms with Gasteiger partial charge in [0.25, 0.3) is 15.9 Å². The summed E-state index contributed by atoms with van der Waals surface area (Å²) in [5, 5.41) is 10.1. The lowest BCUT2D eigenvalue weighted by Gasteiger charge is -2.32. The highest BCUT2D eigenvalue weighted by atomic mass is 35.5. The van der Waals surface area contributed by atoms with Crippen molar-refractivity contribution >= 4 is 33.2 Å². The van der Waals surface area contributed by atoms with Crippen LogP contribution in [0.5, 0.6) is 11.5 Å². The Hall–Kier alpha value is -3.37. The standard InChI is InChI=1S/C25H21ClF2N2O5S/c26-18-9-15-10-23(24(18)31)36(33,34)29-21-11-17(19(27)12-20(21)28)16-3-1-2-4-22(16)35-13-14-5-7-30(8-6-14)25(15)32/h1-4,9-12,14,29,31H,5-8,13H2. The Morgan fingerprint density at radius 1 is 1.03 bits per heavy atom. The maximum Gasteiger partial charge on any atom is 0.265 e. The van der Waals surface area contributed by atoms with Gasteiger partial charge in [0, 0.05) is 35.8 Å². The van der Waals surface area contributed by atoms with E-state index in [2.05, 4.69) is 0 Å². The number of halogens is 3. The number of phenolic OH excluding ortho intramolecular Hbond substituents is 1. The average molecular weight is 535 g/mol. The van der Waals surface area contributed by atoms with E-state index in [-0.39, 0.29) is 22.1 Å². The van der Waals surface area contributed by atoms with Crippen LogP contribution in [0.4, 0.5) is 14.5 Å².